The van der Waals surface area contributed by atoms with Gasteiger partial charge in [-0.05, 0) is 47.2 Å². The first-order chi connectivity index (χ1) is 13.7. The lowest BCUT2D eigenvalue weighted by molar-refractivity contribution is 0.0490. The highest BCUT2D eigenvalue weighted by Crippen LogP contribution is 2.53. The van der Waals surface area contributed by atoms with Crippen LogP contribution in [0.5, 0.6) is 0 Å². The number of ether oxygens (including phenoxy) is 4. The molecule has 0 heterocycles. The van der Waals surface area contributed by atoms with Gasteiger partial charge in [0.15, 0.2) is 0 Å². The maximum Gasteiger partial charge on any atom is 0.0700 e. The molecule has 0 N–H and O–H groups in total. The van der Waals surface area contributed by atoms with Gasteiger partial charge in [-0.15, -0.1) is 0 Å². The van der Waals surface area contributed by atoms with Crippen LogP contribution in [-0.2, 0) is 24.4 Å². The Morgan fingerprint density at radius 2 is 1.32 bits per heavy atom. The summed E-state index contributed by atoms with van der Waals surface area (Å²) in [5.41, 5.74) is 5.24. The van der Waals surface area contributed by atoms with E-state index in [2.05, 4.69) is 58.4 Å². The van der Waals surface area contributed by atoms with Crippen molar-refractivity contribution in [1.29, 1.82) is 0 Å². The van der Waals surface area contributed by atoms with Crippen LogP contribution in [0.25, 0.3) is 11.1 Å². The van der Waals surface area contributed by atoms with Crippen molar-refractivity contribution >= 4 is 15.9 Å². The Bertz CT molecular complexity index is 748. The van der Waals surface area contributed by atoms with Gasteiger partial charge in [0.05, 0.1) is 26.4 Å². The van der Waals surface area contributed by atoms with Crippen molar-refractivity contribution in [2.45, 2.75) is 18.3 Å². The number of methoxy groups -OCH3 is 2. The predicted octanol–water partition coefficient (Wildman–Crippen LogP) is 4.82. The van der Waals surface area contributed by atoms with Gasteiger partial charge >= 0.3 is 0 Å². The van der Waals surface area contributed by atoms with Crippen LogP contribution in [0.2, 0.25) is 0 Å². The third kappa shape index (κ3) is 4.66. The van der Waals surface area contributed by atoms with Gasteiger partial charge in [-0.25, -0.2) is 0 Å². The third-order valence-electron chi connectivity index (χ3n) is 5.44. The van der Waals surface area contributed by atoms with Crippen molar-refractivity contribution < 1.29 is 18.9 Å². The molecule has 0 saturated heterocycles. The molecule has 0 aromatic heterocycles. The van der Waals surface area contributed by atoms with Gasteiger partial charge in [-0.3, -0.25) is 0 Å². The van der Waals surface area contributed by atoms with E-state index in [0.29, 0.717) is 39.6 Å². The quantitative estimate of drug-likeness (QED) is 0.436. The summed E-state index contributed by atoms with van der Waals surface area (Å²) < 4.78 is 23.1. The van der Waals surface area contributed by atoms with Crippen LogP contribution in [0.1, 0.15) is 24.0 Å². The van der Waals surface area contributed by atoms with Crippen LogP contribution in [0.15, 0.2) is 46.9 Å². The zero-order valence-electron chi connectivity index (χ0n) is 16.7. The number of hydrogen-bond acceptors (Lipinski definition) is 4. The highest BCUT2D eigenvalue weighted by Gasteiger charge is 2.42. The number of fused-ring (bicyclic) bond motifs is 3. The van der Waals surface area contributed by atoms with Crippen molar-refractivity contribution in [2.24, 2.45) is 0 Å². The van der Waals surface area contributed by atoms with E-state index >= 15 is 0 Å². The standard InChI is InChI=1S/C23H29BrO4/c1-25-13-15-27-11-9-23(10-12-28-16-14-26-2)21-6-4-3-5-19(21)20-8-7-18(24)17-22(20)23/h3-8,17H,9-16H2,1-2H3. The fourth-order valence-electron chi connectivity index (χ4n) is 4.07. The lowest BCUT2D eigenvalue weighted by Gasteiger charge is -2.32. The van der Waals surface area contributed by atoms with Crippen LogP contribution >= 0.6 is 15.9 Å². The highest BCUT2D eigenvalue weighted by atomic mass is 79.9. The minimum Gasteiger partial charge on any atom is -0.382 e. The molecule has 0 amide bonds. The Labute approximate surface area is 176 Å². The van der Waals surface area contributed by atoms with Crippen molar-refractivity contribution in [1.82, 2.24) is 0 Å². The molecule has 1 aliphatic rings. The molecule has 0 atom stereocenters. The molecular weight excluding hydrogens is 420 g/mol. The predicted molar refractivity (Wildman–Crippen MR) is 115 cm³/mol. The van der Waals surface area contributed by atoms with Crippen LogP contribution in [0, 0.1) is 0 Å². The normalized spacial score (nSPS) is 14.1. The van der Waals surface area contributed by atoms with Crippen LogP contribution in [-0.4, -0.2) is 53.9 Å². The van der Waals surface area contributed by atoms with Crippen molar-refractivity contribution in [3.05, 3.63) is 58.1 Å². The first-order valence-corrected chi connectivity index (χ1v) is 10.6. The first kappa shape index (κ1) is 21.5. The summed E-state index contributed by atoms with van der Waals surface area (Å²) in [6, 6.07) is 15.3. The largest absolute Gasteiger partial charge is 0.382 e. The van der Waals surface area contributed by atoms with Gasteiger partial charge in [0.25, 0.3) is 0 Å². The van der Waals surface area contributed by atoms with Crippen molar-refractivity contribution in [3.8, 4) is 11.1 Å². The molecule has 152 valence electrons. The lowest BCUT2D eigenvalue weighted by atomic mass is 9.73. The molecule has 0 spiro atoms. The van der Waals surface area contributed by atoms with E-state index in [9.17, 15) is 0 Å². The smallest absolute Gasteiger partial charge is 0.0700 e. The summed E-state index contributed by atoms with van der Waals surface area (Å²) in [7, 11) is 3.40. The molecule has 4 nitrogen and oxygen atoms in total. The number of rotatable bonds is 12. The highest BCUT2D eigenvalue weighted by molar-refractivity contribution is 9.10. The Kier molecular flexibility index (Phi) is 8.06. The molecular formula is C23H29BrO4. The second-order valence-corrected chi connectivity index (χ2v) is 7.94. The van der Waals surface area contributed by atoms with E-state index in [1.54, 1.807) is 14.2 Å². The number of halogens is 1. The fraction of sp³-hybridized carbons (Fsp3) is 0.478. The van der Waals surface area contributed by atoms with Gasteiger partial charge in [0.1, 0.15) is 0 Å². The fourth-order valence-corrected chi connectivity index (χ4v) is 4.43. The monoisotopic (exact) mass is 448 g/mol. The zero-order chi connectivity index (χ0) is 19.8. The van der Waals surface area contributed by atoms with E-state index in [1.165, 1.54) is 22.3 Å². The molecule has 3 rings (SSSR count). The summed E-state index contributed by atoms with van der Waals surface area (Å²) in [4.78, 5) is 0. The minimum atomic E-state index is -0.115. The van der Waals surface area contributed by atoms with Crippen LogP contribution in [0.3, 0.4) is 0 Å². The molecule has 0 bridgehead atoms. The molecule has 0 fully saturated rings. The van der Waals surface area contributed by atoms with Gasteiger partial charge in [0.2, 0.25) is 0 Å². The molecule has 28 heavy (non-hydrogen) atoms. The maximum atomic E-state index is 5.87. The summed E-state index contributed by atoms with van der Waals surface area (Å²) in [5, 5.41) is 0. The van der Waals surface area contributed by atoms with E-state index in [-0.39, 0.29) is 5.41 Å². The van der Waals surface area contributed by atoms with Gasteiger partial charge in [0, 0.05) is 37.3 Å². The van der Waals surface area contributed by atoms with Gasteiger partial charge in [-0.2, -0.15) is 0 Å². The van der Waals surface area contributed by atoms with Crippen molar-refractivity contribution in [2.75, 3.05) is 53.9 Å². The third-order valence-corrected chi connectivity index (χ3v) is 5.93. The van der Waals surface area contributed by atoms with Gasteiger partial charge < -0.3 is 18.9 Å². The van der Waals surface area contributed by atoms with Crippen LogP contribution < -0.4 is 0 Å². The SMILES string of the molecule is COCCOCCC1(CCOCCOC)c2ccccc2-c2ccc(Br)cc21. The number of hydrogen-bond donors (Lipinski definition) is 0. The Hall–Kier alpha value is -1.24. The molecule has 2 aromatic rings. The molecule has 0 radical (unpaired) electrons. The van der Waals surface area contributed by atoms with Crippen molar-refractivity contribution in [3.63, 3.8) is 0 Å². The average molecular weight is 449 g/mol. The Morgan fingerprint density at radius 1 is 0.714 bits per heavy atom. The average Bonchev–Trinajstić information content (AvgIpc) is 2.97. The molecule has 0 saturated carbocycles. The molecule has 0 unspecified atom stereocenters. The summed E-state index contributed by atoms with van der Waals surface area (Å²) in [6.45, 7) is 3.83. The Balaban J connectivity index is 1.89. The topological polar surface area (TPSA) is 36.9 Å². The second kappa shape index (κ2) is 10.5. The van der Waals surface area contributed by atoms with E-state index in [4.69, 9.17) is 18.9 Å². The van der Waals surface area contributed by atoms with Gasteiger partial charge in [-0.1, -0.05) is 46.3 Å². The van der Waals surface area contributed by atoms with E-state index in [0.717, 1.165) is 17.3 Å². The lowest BCUT2D eigenvalue weighted by Crippen LogP contribution is -2.29. The Morgan fingerprint density at radius 3 is 1.96 bits per heavy atom. The molecule has 5 heteroatoms. The summed E-state index contributed by atoms with van der Waals surface area (Å²) >= 11 is 3.67. The molecule has 2 aromatic carbocycles. The zero-order valence-corrected chi connectivity index (χ0v) is 18.3. The maximum absolute atomic E-state index is 5.87. The minimum absolute atomic E-state index is 0.115. The summed E-state index contributed by atoms with van der Waals surface area (Å²) in [6.07, 6.45) is 1.82. The summed E-state index contributed by atoms with van der Waals surface area (Å²) in [5.74, 6) is 0. The molecule has 0 aliphatic heterocycles. The number of benzene rings is 2. The van der Waals surface area contributed by atoms with Crippen LogP contribution in [0.4, 0.5) is 0 Å². The van der Waals surface area contributed by atoms with E-state index < -0.39 is 0 Å². The second-order valence-electron chi connectivity index (χ2n) is 7.03. The first-order valence-electron chi connectivity index (χ1n) is 9.76. The molecule has 1 aliphatic carbocycles. The van der Waals surface area contributed by atoms with E-state index in [1.807, 2.05) is 0 Å².